The van der Waals surface area contributed by atoms with E-state index in [2.05, 4.69) is 15.9 Å². The number of halogens is 2. The Morgan fingerprint density at radius 1 is 1.31 bits per heavy atom. The highest BCUT2D eigenvalue weighted by molar-refractivity contribution is 9.11. The summed E-state index contributed by atoms with van der Waals surface area (Å²) in [6, 6.07) is 9.44. The predicted octanol–water partition coefficient (Wildman–Crippen LogP) is 4.55. The van der Waals surface area contributed by atoms with Gasteiger partial charge in [-0.15, -0.1) is 11.3 Å². The van der Waals surface area contributed by atoms with Gasteiger partial charge in [-0.25, -0.2) is 0 Å². The van der Waals surface area contributed by atoms with Crippen molar-refractivity contribution in [2.24, 2.45) is 0 Å². The highest BCUT2D eigenvalue weighted by Crippen LogP contribution is 2.33. The van der Waals surface area contributed by atoms with E-state index in [4.69, 9.17) is 11.6 Å². The fourth-order valence-electron chi connectivity index (χ4n) is 1.55. The molecular weight excluding hydrogens is 308 g/mol. The highest BCUT2D eigenvalue weighted by atomic mass is 79.9. The van der Waals surface area contributed by atoms with E-state index in [1.54, 1.807) is 0 Å². The summed E-state index contributed by atoms with van der Waals surface area (Å²) in [6.07, 6.45) is -0.602. The number of aliphatic hydroxyl groups is 1. The number of hydrogen-bond acceptors (Lipinski definition) is 2. The van der Waals surface area contributed by atoms with E-state index < -0.39 is 6.10 Å². The summed E-state index contributed by atoms with van der Waals surface area (Å²) in [5, 5.41) is 10.9. The monoisotopic (exact) mass is 316 g/mol. The molecule has 1 heterocycles. The predicted molar refractivity (Wildman–Crippen MR) is 72.3 cm³/mol. The van der Waals surface area contributed by atoms with Gasteiger partial charge in [-0.2, -0.15) is 0 Å². The van der Waals surface area contributed by atoms with Crippen LogP contribution >= 0.6 is 38.9 Å². The van der Waals surface area contributed by atoms with Crippen LogP contribution in [0.1, 0.15) is 22.1 Å². The van der Waals surface area contributed by atoms with Crippen LogP contribution in [0.15, 0.2) is 34.1 Å². The van der Waals surface area contributed by atoms with Crippen molar-refractivity contribution >= 4 is 38.9 Å². The van der Waals surface area contributed by atoms with Crippen molar-refractivity contribution in [1.82, 2.24) is 0 Å². The molecule has 1 unspecified atom stereocenters. The second kappa shape index (κ2) is 4.88. The number of thiophene rings is 1. The molecule has 1 aromatic heterocycles. The van der Waals surface area contributed by atoms with Gasteiger partial charge in [-0.05, 0) is 52.2 Å². The van der Waals surface area contributed by atoms with E-state index in [0.29, 0.717) is 5.02 Å². The Bertz CT molecular complexity index is 509. The lowest BCUT2D eigenvalue weighted by atomic mass is 10.0. The number of benzene rings is 1. The van der Waals surface area contributed by atoms with Gasteiger partial charge >= 0.3 is 0 Å². The Hall–Kier alpha value is -0.350. The fraction of sp³-hybridized carbons (Fsp3) is 0.167. The lowest BCUT2D eigenvalue weighted by Gasteiger charge is -2.12. The van der Waals surface area contributed by atoms with Gasteiger partial charge in [0.05, 0.1) is 3.79 Å². The fourth-order valence-corrected chi connectivity index (χ4v) is 3.16. The molecule has 0 fully saturated rings. The van der Waals surface area contributed by atoms with Gasteiger partial charge in [0.2, 0.25) is 0 Å². The third-order valence-electron chi connectivity index (χ3n) is 2.47. The third kappa shape index (κ3) is 2.33. The van der Waals surface area contributed by atoms with Crippen LogP contribution in [-0.2, 0) is 0 Å². The first kappa shape index (κ1) is 12.1. The van der Waals surface area contributed by atoms with E-state index in [1.165, 1.54) is 11.3 Å². The molecule has 0 saturated heterocycles. The normalized spacial score (nSPS) is 12.8. The van der Waals surface area contributed by atoms with Gasteiger partial charge in [0.1, 0.15) is 6.10 Å². The Labute approximate surface area is 112 Å². The van der Waals surface area contributed by atoms with Crippen molar-refractivity contribution in [3.8, 4) is 0 Å². The molecule has 84 valence electrons. The first-order valence-corrected chi connectivity index (χ1v) is 6.76. The molecule has 0 spiro atoms. The van der Waals surface area contributed by atoms with E-state index in [1.807, 2.05) is 37.3 Å². The average Bonchev–Trinajstić information content (AvgIpc) is 2.68. The van der Waals surface area contributed by atoms with E-state index in [0.717, 1.165) is 19.8 Å². The van der Waals surface area contributed by atoms with Crippen LogP contribution in [-0.4, -0.2) is 5.11 Å². The van der Waals surface area contributed by atoms with Crippen LogP contribution in [0.2, 0.25) is 5.02 Å². The standard InChI is InChI=1S/C12H10BrClOS/c1-7-8(3-2-4-9(7)14)12(15)10-5-6-11(13)16-10/h2-6,12,15H,1H3. The summed E-state index contributed by atoms with van der Waals surface area (Å²) >= 11 is 10.9. The highest BCUT2D eigenvalue weighted by Gasteiger charge is 2.15. The van der Waals surface area contributed by atoms with E-state index in [-0.39, 0.29) is 0 Å². The molecular formula is C12H10BrClOS. The third-order valence-corrected chi connectivity index (χ3v) is 4.55. The Morgan fingerprint density at radius 3 is 2.69 bits per heavy atom. The second-order valence-corrected chi connectivity index (χ2v) is 6.40. The van der Waals surface area contributed by atoms with Crippen LogP contribution in [0.5, 0.6) is 0 Å². The van der Waals surface area contributed by atoms with Crippen LogP contribution in [0.25, 0.3) is 0 Å². The molecule has 1 N–H and O–H groups in total. The maximum Gasteiger partial charge on any atom is 0.114 e. The molecule has 0 saturated carbocycles. The van der Waals surface area contributed by atoms with Gasteiger partial charge in [0, 0.05) is 9.90 Å². The lowest BCUT2D eigenvalue weighted by Crippen LogP contribution is -1.99. The zero-order chi connectivity index (χ0) is 11.7. The minimum absolute atomic E-state index is 0.602. The topological polar surface area (TPSA) is 20.2 Å². The summed E-state index contributed by atoms with van der Waals surface area (Å²) in [4.78, 5) is 0.914. The Morgan fingerprint density at radius 2 is 2.06 bits per heavy atom. The molecule has 0 amide bonds. The summed E-state index contributed by atoms with van der Waals surface area (Å²) in [7, 11) is 0. The summed E-state index contributed by atoms with van der Waals surface area (Å²) in [5.74, 6) is 0. The van der Waals surface area contributed by atoms with E-state index >= 15 is 0 Å². The van der Waals surface area contributed by atoms with Crippen molar-refractivity contribution in [3.05, 3.63) is 55.1 Å². The Kier molecular flexibility index (Phi) is 3.70. The smallest absolute Gasteiger partial charge is 0.114 e. The largest absolute Gasteiger partial charge is 0.383 e. The number of aliphatic hydroxyl groups excluding tert-OH is 1. The lowest BCUT2D eigenvalue weighted by molar-refractivity contribution is 0.223. The molecule has 16 heavy (non-hydrogen) atoms. The zero-order valence-electron chi connectivity index (χ0n) is 8.58. The Balaban J connectivity index is 2.41. The van der Waals surface area contributed by atoms with Crippen LogP contribution in [0.4, 0.5) is 0 Å². The molecule has 0 radical (unpaired) electrons. The molecule has 1 nitrogen and oxygen atoms in total. The number of hydrogen-bond donors (Lipinski definition) is 1. The SMILES string of the molecule is Cc1c(Cl)cccc1C(O)c1ccc(Br)s1. The summed E-state index contributed by atoms with van der Waals surface area (Å²) < 4.78 is 1.02. The summed E-state index contributed by atoms with van der Waals surface area (Å²) in [6.45, 7) is 1.92. The van der Waals surface area contributed by atoms with Gasteiger partial charge in [0.25, 0.3) is 0 Å². The molecule has 0 aliphatic rings. The van der Waals surface area contributed by atoms with Crippen LogP contribution in [0.3, 0.4) is 0 Å². The number of rotatable bonds is 2. The zero-order valence-corrected chi connectivity index (χ0v) is 11.7. The molecule has 4 heteroatoms. The van der Waals surface area contributed by atoms with Crippen molar-refractivity contribution in [1.29, 1.82) is 0 Å². The second-order valence-electron chi connectivity index (χ2n) is 3.50. The van der Waals surface area contributed by atoms with Gasteiger partial charge in [-0.1, -0.05) is 23.7 Å². The minimum Gasteiger partial charge on any atom is -0.383 e. The first-order chi connectivity index (χ1) is 7.59. The maximum absolute atomic E-state index is 10.2. The van der Waals surface area contributed by atoms with Crippen molar-refractivity contribution in [2.45, 2.75) is 13.0 Å². The maximum atomic E-state index is 10.2. The summed E-state index contributed by atoms with van der Waals surface area (Å²) in [5.41, 5.74) is 1.79. The average molecular weight is 318 g/mol. The molecule has 0 aliphatic heterocycles. The van der Waals surface area contributed by atoms with Crippen molar-refractivity contribution < 1.29 is 5.11 Å². The first-order valence-electron chi connectivity index (χ1n) is 4.78. The van der Waals surface area contributed by atoms with Crippen LogP contribution < -0.4 is 0 Å². The van der Waals surface area contributed by atoms with Gasteiger partial charge < -0.3 is 5.11 Å². The molecule has 1 atom stereocenters. The molecule has 2 aromatic rings. The van der Waals surface area contributed by atoms with Crippen LogP contribution in [0, 0.1) is 6.92 Å². The van der Waals surface area contributed by atoms with Crippen molar-refractivity contribution in [2.75, 3.05) is 0 Å². The quantitative estimate of drug-likeness (QED) is 0.861. The van der Waals surface area contributed by atoms with E-state index in [9.17, 15) is 5.11 Å². The molecule has 1 aromatic carbocycles. The van der Waals surface area contributed by atoms with Gasteiger partial charge in [-0.3, -0.25) is 0 Å². The molecule has 0 aliphatic carbocycles. The van der Waals surface area contributed by atoms with Gasteiger partial charge in [0.15, 0.2) is 0 Å². The van der Waals surface area contributed by atoms with Crippen molar-refractivity contribution in [3.63, 3.8) is 0 Å². The molecule has 2 rings (SSSR count). The minimum atomic E-state index is -0.602. The molecule has 0 bridgehead atoms.